The number of phosphoric acid groups is 1. The van der Waals surface area contributed by atoms with Crippen LogP contribution in [-0.4, -0.2) is 39.6 Å². The quantitative estimate of drug-likeness (QED) is 0.0582. The van der Waals surface area contributed by atoms with Gasteiger partial charge in [-0.1, -0.05) is 100 Å². The van der Waals surface area contributed by atoms with Crippen LogP contribution in [-0.2, 0) is 27.8 Å². The second kappa shape index (κ2) is 22.5. The van der Waals surface area contributed by atoms with E-state index in [1.165, 1.54) is 57.8 Å². The molecule has 0 saturated carbocycles. The van der Waals surface area contributed by atoms with Crippen molar-refractivity contribution in [2.75, 3.05) is 39.6 Å². The Labute approximate surface area is 207 Å². The van der Waals surface area contributed by atoms with Crippen molar-refractivity contribution in [2.24, 2.45) is 0 Å². The second-order valence-electron chi connectivity index (χ2n) is 8.28. The number of hydrogen-bond donors (Lipinski definition) is 0. The van der Waals surface area contributed by atoms with Gasteiger partial charge in [-0.15, -0.1) is 0 Å². The Morgan fingerprint density at radius 2 is 1.15 bits per heavy atom. The molecule has 1 atom stereocenters. The number of benzene rings is 1. The Kier molecular flexibility index (Phi) is 20.6. The van der Waals surface area contributed by atoms with E-state index in [1.807, 2.05) is 13.0 Å². The summed E-state index contributed by atoms with van der Waals surface area (Å²) in [7, 11) is -3.86. The maximum absolute atomic E-state index is 13.0. The van der Waals surface area contributed by atoms with Crippen molar-refractivity contribution < 1.29 is 32.6 Å². The Morgan fingerprint density at radius 3 is 1.76 bits per heavy atom. The lowest BCUT2D eigenvalue weighted by Crippen LogP contribution is -2.11. The molecule has 0 N–H and O–H groups in total. The largest absolute Gasteiger partial charge is 0.511 e. The lowest BCUT2D eigenvalue weighted by atomic mass is 10.1. The van der Waals surface area contributed by atoms with Gasteiger partial charge in [0.25, 0.3) is 0 Å². The first-order valence-corrected chi connectivity index (χ1v) is 14.6. The minimum absolute atomic E-state index is 0.0694. The summed E-state index contributed by atoms with van der Waals surface area (Å²) < 4.78 is 39.5. The van der Waals surface area contributed by atoms with Crippen LogP contribution in [0.15, 0.2) is 30.3 Å². The summed E-state index contributed by atoms with van der Waals surface area (Å²) in [5.74, 6) is 0.424. The molecule has 1 aromatic rings. The zero-order valence-electron chi connectivity index (χ0n) is 21.4. The fraction of sp³-hybridized carbons (Fsp3) is 0.769. The van der Waals surface area contributed by atoms with Crippen LogP contribution in [0.2, 0.25) is 0 Å². The Hall–Kier alpha value is -0.950. The molecule has 0 bridgehead atoms. The van der Waals surface area contributed by atoms with E-state index in [-0.39, 0.29) is 19.8 Å². The van der Waals surface area contributed by atoms with Gasteiger partial charge in [0.15, 0.2) is 5.75 Å². The molecule has 0 aliphatic carbocycles. The molecule has 0 amide bonds. The summed E-state index contributed by atoms with van der Waals surface area (Å²) in [5, 5.41) is 0. The Balaban J connectivity index is 2.18. The lowest BCUT2D eigenvalue weighted by molar-refractivity contribution is -0.134. The van der Waals surface area contributed by atoms with Gasteiger partial charge in [-0.05, 0) is 25.5 Å². The van der Waals surface area contributed by atoms with E-state index < -0.39 is 7.82 Å². The molecule has 0 fully saturated rings. The summed E-state index contributed by atoms with van der Waals surface area (Å²) >= 11 is 0. The highest BCUT2D eigenvalue weighted by atomic mass is 31.2. The summed E-state index contributed by atoms with van der Waals surface area (Å²) in [6.07, 6.45) is 15.0. The van der Waals surface area contributed by atoms with E-state index in [1.54, 1.807) is 24.3 Å². The summed E-state index contributed by atoms with van der Waals surface area (Å²) in [4.78, 5) is 5.17. The molecule has 1 aromatic carbocycles. The van der Waals surface area contributed by atoms with Crippen LogP contribution in [0.25, 0.3) is 0 Å². The minimum Gasteiger partial charge on any atom is -0.379 e. The van der Waals surface area contributed by atoms with E-state index in [0.717, 1.165) is 19.3 Å². The fourth-order valence-electron chi connectivity index (χ4n) is 3.34. The number of rotatable bonds is 25. The smallest absolute Gasteiger partial charge is 0.379 e. The van der Waals surface area contributed by atoms with Crippen LogP contribution in [0.3, 0.4) is 0 Å². The minimum atomic E-state index is -3.86. The van der Waals surface area contributed by atoms with Crippen molar-refractivity contribution in [1.29, 1.82) is 0 Å². The standard InChI is InChI=1S/C26H47O7P/c1-3-5-6-7-8-9-10-11-12-13-14-18-21-30-34(27,31-25-24-29-23-22-28-4-2)33-32-26-19-16-15-17-20-26/h15-17,19-20H,3-14,18,21-25H2,1-2H3. The molecule has 1 unspecified atom stereocenters. The van der Waals surface area contributed by atoms with Gasteiger partial charge >= 0.3 is 7.82 Å². The third-order valence-electron chi connectivity index (χ3n) is 5.27. The number of ether oxygens (including phenoxy) is 2. The molecule has 198 valence electrons. The molecule has 7 nitrogen and oxygen atoms in total. The van der Waals surface area contributed by atoms with Gasteiger partial charge in [0.1, 0.15) is 0 Å². The van der Waals surface area contributed by atoms with Crippen molar-refractivity contribution in [2.45, 2.75) is 90.9 Å². The number of unbranched alkanes of at least 4 members (excludes halogenated alkanes) is 11. The predicted molar refractivity (Wildman–Crippen MR) is 136 cm³/mol. The van der Waals surface area contributed by atoms with Crippen LogP contribution in [0.5, 0.6) is 5.75 Å². The SMILES string of the molecule is CCCCCCCCCCCCCCOP(=O)(OCCOCCOCC)OOc1ccccc1. The van der Waals surface area contributed by atoms with Crippen molar-refractivity contribution in [1.82, 2.24) is 0 Å². The zero-order valence-corrected chi connectivity index (χ0v) is 22.3. The van der Waals surface area contributed by atoms with Crippen LogP contribution < -0.4 is 4.89 Å². The molecular formula is C26H47O7P. The van der Waals surface area contributed by atoms with Gasteiger partial charge in [0, 0.05) is 6.61 Å². The molecule has 0 aliphatic heterocycles. The first-order valence-electron chi connectivity index (χ1n) is 13.2. The maximum Gasteiger partial charge on any atom is 0.511 e. The predicted octanol–water partition coefficient (Wildman–Crippen LogP) is 7.89. The van der Waals surface area contributed by atoms with Gasteiger partial charge in [-0.3, -0.25) is 9.05 Å². The van der Waals surface area contributed by atoms with Gasteiger partial charge in [0.2, 0.25) is 0 Å². The third kappa shape index (κ3) is 18.4. The zero-order chi connectivity index (χ0) is 24.6. The highest BCUT2D eigenvalue weighted by molar-refractivity contribution is 7.48. The number of phosphoric ester groups is 1. The topological polar surface area (TPSA) is 72.5 Å². The summed E-state index contributed by atoms with van der Waals surface area (Å²) in [5.41, 5.74) is 0. The van der Waals surface area contributed by atoms with Crippen LogP contribution in [0, 0.1) is 0 Å². The summed E-state index contributed by atoms with van der Waals surface area (Å²) in [6.45, 7) is 6.40. The van der Waals surface area contributed by atoms with E-state index in [4.69, 9.17) is 28.1 Å². The fourth-order valence-corrected chi connectivity index (χ4v) is 4.33. The van der Waals surface area contributed by atoms with Gasteiger partial charge < -0.3 is 14.4 Å². The van der Waals surface area contributed by atoms with E-state index >= 15 is 0 Å². The monoisotopic (exact) mass is 502 g/mol. The van der Waals surface area contributed by atoms with Crippen molar-refractivity contribution in [3.63, 3.8) is 0 Å². The normalized spacial score (nSPS) is 13.1. The van der Waals surface area contributed by atoms with Crippen molar-refractivity contribution in [3.8, 4) is 5.75 Å². The highest BCUT2D eigenvalue weighted by Gasteiger charge is 2.29. The van der Waals surface area contributed by atoms with Crippen molar-refractivity contribution in [3.05, 3.63) is 30.3 Å². The van der Waals surface area contributed by atoms with Crippen LogP contribution in [0.4, 0.5) is 0 Å². The van der Waals surface area contributed by atoms with Gasteiger partial charge in [-0.2, -0.15) is 0 Å². The molecule has 0 radical (unpaired) electrons. The van der Waals surface area contributed by atoms with E-state index in [9.17, 15) is 4.57 Å². The van der Waals surface area contributed by atoms with Crippen LogP contribution >= 0.6 is 7.82 Å². The number of hydrogen-bond acceptors (Lipinski definition) is 7. The molecule has 0 aliphatic rings. The van der Waals surface area contributed by atoms with E-state index in [0.29, 0.717) is 25.6 Å². The molecule has 0 aromatic heterocycles. The molecular weight excluding hydrogens is 455 g/mol. The first kappa shape index (κ1) is 31.1. The average Bonchev–Trinajstić information content (AvgIpc) is 2.86. The van der Waals surface area contributed by atoms with Crippen molar-refractivity contribution >= 4 is 7.82 Å². The first-order chi connectivity index (χ1) is 16.7. The molecule has 0 spiro atoms. The van der Waals surface area contributed by atoms with Gasteiger partial charge in [-0.25, -0.2) is 4.57 Å². The molecule has 1 rings (SSSR count). The third-order valence-corrected chi connectivity index (χ3v) is 6.52. The van der Waals surface area contributed by atoms with Gasteiger partial charge in [0.05, 0.1) is 33.0 Å². The Morgan fingerprint density at radius 1 is 0.618 bits per heavy atom. The summed E-state index contributed by atoms with van der Waals surface area (Å²) in [6, 6.07) is 8.85. The molecule has 8 heteroatoms. The lowest BCUT2D eigenvalue weighted by Gasteiger charge is -2.17. The molecule has 34 heavy (non-hydrogen) atoms. The second-order valence-corrected chi connectivity index (χ2v) is 9.84. The average molecular weight is 503 g/mol. The van der Waals surface area contributed by atoms with Crippen LogP contribution in [0.1, 0.15) is 90.9 Å². The Bertz CT molecular complexity index is 600. The number of para-hydroxylation sites is 1. The molecule has 0 heterocycles. The molecule has 0 saturated heterocycles. The van der Waals surface area contributed by atoms with E-state index in [2.05, 4.69) is 6.92 Å². The highest BCUT2D eigenvalue weighted by Crippen LogP contribution is 2.49. The maximum atomic E-state index is 13.0.